The molecule has 1 aliphatic carbocycles. The molecule has 0 fully saturated rings. The Bertz CT molecular complexity index is 203. The zero-order valence-corrected chi connectivity index (χ0v) is 11.1. The topological polar surface area (TPSA) is 9.23 Å². The highest BCUT2D eigenvalue weighted by molar-refractivity contribution is 6.70. The Morgan fingerprint density at radius 1 is 1.43 bits per heavy atom. The smallest absolute Gasteiger partial charge is 0.241 e. The summed E-state index contributed by atoms with van der Waals surface area (Å²) in [4.78, 5) is 0. The quantitative estimate of drug-likeness (QED) is 0.631. The van der Waals surface area contributed by atoms with Crippen molar-refractivity contribution in [2.45, 2.75) is 58.7 Å². The Hall–Kier alpha value is -0.243. The second kappa shape index (κ2) is 5.01. The molecule has 1 unspecified atom stereocenters. The predicted molar refractivity (Wildman–Crippen MR) is 64.8 cm³/mol. The second-order valence-electron chi connectivity index (χ2n) is 5.24. The van der Waals surface area contributed by atoms with E-state index in [4.69, 9.17) is 4.43 Å². The van der Waals surface area contributed by atoms with Gasteiger partial charge in [-0.2, -0.15) is 0 Å². The molecule has 0 radical (unpaired) electrons. The van der Waals surface area contributed by atoms with E-state index in [9.17, 15) is 0 Å². The maximum atomic E-state index is 6.14. The molecule has 1 aliphatic rings. The Morgan fingerprint density at radius 2 is 2.14 bits per heavy atom. The highest BCUT2D eigenvalue weighted by Crippen LogP contribution is 2.31. The Balaban J connectivity index is 2.58. The van der Waals surface area contributed by atoms with Crippen molar-refractivity contribution in [1.29, 1.82) is 0 Å². The lowest BCUT2D eigenvalue weighted by molar-refractivity contribution is 0.298. The highest BCUT2D eigenvalue weighted by atomic mass is 28.4. The Labute approximate surface area is 89.7 Å². The average molecular weight is 212 g/mol. The minimum Gasteiger partial charge on any atom is -0.547 e. The molecule has 0 aliphatic heterocycles. The lowest BCUT2D eigenvalue weighted by Gasteiger charge is -2.30. The van der Waals surface area contributed by atoms with Gasteiger partial charge in [-0.25, -0.2) is 0 Å². The third-order valence-corrected chi connectivity index (χ3v) is 3.41. The van der Waals surface area contributed by atoms with E-state index < -0.39 is 8.32 Å². The molecule has 0 bridgehead atoms. The van der Waals surface area contributed by atoms with Crippen LogP contribution >= 0.6 is 0 Å². The van der Waals surface area contributed by atoms with Crippen molar-refractivity contribution in [2.24, 2.45) is 5.92 Å². The molecule has 0 aromatic heterocycles. The normalized spacial score (nSPS) is 23.1. The Kier molecular flexibility index (Phi) is 4.23. The molecule has 0 aromatic rings. The summed E-state index contributed by atoms with van der Waals surface area (Å²) in [5.41, 5.74) is 0. The number of rotatable bonds is 4. The van der Waals surface area contributed by atoms with Crippen molar-refractivity contribution in [2.75, 3.05) is 0 Å². The molecule has 0 saturated carbocycles. The Morgan fingerprint density at radius 3 is 2.71 bits per heavy atom. The summed E-state index contributed by atoms with van der Waals surface area (Å²) >= 11 is 0. The van der Waals surface area contributed by atoms with Crippen molar-refractivity contribution in [3.8, 4) is 0 Å². The predicted octanol–water partition coefficient (Wildman–Crippen LogP) is 4.32. The van der Waals surface area contributed by atoms with Crippen LogP contribution in [0.2, 0.25) is 19.6 Å². The van der Waals surface area contributed by atoms with E-state index in [2.05, 4.69) is 32.6 Å². The fourth-order valence-corrected chi connectivity index (χ4v) is 2.99. The first-order valence-electron chi connectivity index (χ1n) is 5.92. The molecular weight excluding hydrogens is 188 g/mol. The van der Waals surface area contributed by atoms with E-state index in [1.54, 1.807) is 0 Å². The summed E-state index contributed by atoms with van der Waals surface area (Å²) in [6.07, 6.45) is 8.82. The van der Waals surface area contributed by atoms with Crippen molar-refractivity contribution in [3.05, 3.63) is 11.8 Å². The van der Waals surface area contributed by atoms with Crippen LogP contribution in [-0.2, 0) is 4.43 Å². The summed E-state index contributed by atoms with van der Waals surface area (Å²) in [6.45, 7) is 9.07. The minimum absolute atomic E-state index is 0.723. The molecule has 1 atom stereocenters. The van der Waals surface area contributed by atoms with Crippen LogP contribution in [-0.4, -0.2) is 8.32 Å². The average Bonchev–Trinajstić information content (AvgIpc) is 2.06. The van der Waals surface area contributed by atoms with Gasteiger partial charge in [0.15, 0.2) is 0 Å². The summed E-state index contributed by atoms with van der Waals surface area (Å²) in [5, 5.41) is 0. The highest BCUT2D eigenvalue weighted by Gasteiger charge is 2.24. The van der Waals surface area contributed by atoms with Crippen molar-refractivity contribution in [3.63, 3.8) is 0 Å². The standard InChI is InChI=1S/C12H24OSi/c1-5-8-11-9-6-7-10-12(11)13-14(2,3)4/h10-11H,5-9H2,1-4H3. The van der Waals surface area contributed by atoms with Crippen molar-refractivity contribution >= 4 is 8.32 Å². The van der Waals surface area contributed by atoms with E-state index in [0.29, 0.717) is 0 Å². The van der Waals surface area contributed by atoms with Gasteiger partial charge in [-0.1, -0.05) is 13.3 Å². The molecule has 0 heterocycles. The molecule has 0 spiro atoms. The van der Waals surface area contributed by atoms with Crippen molar-refractivity contribution < 1.29 is 4.43 Å². The summed E-state index contributed by atoms with van der Waals surface area (Å²) < 4.78 is 6.14. The summed E-state index contributed by atoms with van der Waals surface area (Å²) in [7, 11) is -1.38. The third-order valence-electron chi connectivity index (χ3n) is 2.57. The number of hydrogen-bond donors (Lipinski definition) is 0. The molecule has 0 saturated heterocycles. The van der Waals surface area contributed by atoms with Crippen LogP contribution in [0, 0.1) is 5.92 Å². The molecular formula is C12H24OSi. The molecule has 2 heteroatoms. The zero-order chi connectivity index (χ0) is 10.6. The SMILES string of the molecule is CCCC1CCCC=C1O[Si](C)(C)C. The summed E-state index contributed by atoms with van der Waals surface area (Å²) in [5.74, 6) is 2.04. The van der Waals surface area contributed by atoms with Gasteiger partial charge in [0.25, 0.3) is 0 Å². The maximum absolute atomic E-state index is 6.14. The van der Waals surface area contributed by atoms with Crippen molar-refractivity contribution in [1.82, 2.24) is 0 Å². The van der Waals surface area contributed by atoms with Gasteiger partial charge in [0.2, 0.25) is 8.32 Å². The molecule has 14 heavy (non-hydrogen) atoms. The van der Waals surface area contributed by atoms with Gasteiger partial charge < -0.3 is 4.43 Å². The van der Waals surface area contributed by atoms with Gasteiger partial charge in [0, 0.05) is 5.92 Å². The van der Waals surface area contributed by atoms with Crippen LogP contribution in [0.15, 0.2) is 11.8 Å². The van der Waals surface area contributed by atoms with Crippen LogP contribution in [0.5, 0.6) is 0 Å². The van der Waals surface area contributed by atoms with E-state index >= 15 is 0 Å². The van der Waals surface area contributed by atoms with Gasteiger partial charge >= 0.3 is 0 Å². The van der Waals surface area contributed by atoms with Crippen LogP contribution in [0.4, 0.5) is 0 Å². The monoisotopic (exact) mass is 212 g/mol. The maximum Gasteiger partial charge on any atom is 0.241 e. The first-order valence-corrected chi connectivity index (χ1v) is 9.33. The fraction of sp³-hybridized carbons (Fsp3) is 0.833. The van der Waals surface area contributed by atoms with E-state index in [1.165, 1.54) is 37.9 Å². The number of allylic oxidation sites excluding steroid dienone is 2. The van der Waals surface area contributed by atoms with Crippen LogP contribution in [0.25, 0.3) is 0 Å². The van der Waals surface area contributed by atoms with Gasteiger partial charge in [-0.05, 0) is 51.4 Å². The van der Waals surface area contributed by atoms with Gasteiger partial charge in [-0.3, -0.25) is 0 Å². The van der Waals surface area contributed by atoms with E-state index in [0.717, 1.165) is 5.92 Å². The van der Waals surface area contributed by atoms with Crippen LogP contribution in [0.1, 0.15) is 39.0 Å². The van der Waals surface area contributed by atoms with E-state index in [1.807, 2.05) is 0 Å². The molecule has 1 rings (SSSR count). The molecule has 0 aromatic carbocycles. The number of hydrogen-bond acceptors (Lipinski definition) is 1. The lowest BCUT2D eigenvalue weighted by atomic mass is 9.90. The van der Waals surface area contributed by atoms with Crippen LogP contribution < -0.4 is 0 Å². The van der Waals surface area contributed by atoms with Gasteiger partial charge in [-0.15, -0.1) is 0 Å². The summed E-state index contributed by atoms with van der Waals surface area (Å²) in [6, 6.07) is 0. The van der Waals surface area contributed by atoms with Crippen LogP contribution in [0.3, 0.4) is 0 Å². The van der Waals surface area contributed by atoms with E-state index in [-0.39, 0.29) is 0 Å². The zero-order valence-electron chi connectivity index (χ0n) is 10.1. The minimum atomic E-state index is -1.38. The van der Waals surface area contributed by atoms with Gasteiger partial charge in [0.05, 0.1) is 5.76 Å². The second-order valence-corrected chi connectivity index (χ2v) is 9.67. The fourth-order valence-electron chi connectivity index (χ4n) is 2.03. The lowest BCUT2D eigenvalue weighted by Crippen LogP contribution is -2.28. The molecule has 1 nitrogen and oxygen atoms in total. The van der Waals surface area contributed by atoms with Gasteiger partial charge in [0.1, 0.15) is 0 Å². The molecule has 82 valence electrons. The molecule has 0 N–H and O–H groups in total. The first-order chi connectivity index (χ1) is 6.53. The first kappa shape index (κ1) is 11.8. The molecule has 0 amide bonds. The third kappa shape index (κ3) is 3.87. The largest absolute Gasteiger partial charge is 0.547 e.